The summed E-state index contributed by atoms with van der Waals surface area (Å²) in [5.74, 6) is 2.46. The molecule has 7 nitrogen and oxygen atoms in total. The number of pyridine rings is 2. The van der Waals surface area contributed by atoms with E-state index in [2.05, 4.69) is 36.4 Å². The molecule has 154 valence electrons. The van der Waals surface area contributed by atoms with E-state index in [9.17, 15) is 0 Å². The van der Waals surface area contributed by atoms with E-state index in [1.807, 2.05) is 42.6 Å². The van der Waals surface area contributed by atoms with Crippen molar-refractivity contribution in [3.8, 4) is 11.3 Å². The van der Waals surface area contributed by atoms with Crippen LogP contribution in [0.15, 0.2) is 61.1 Å². The largest absolute Gasteiger partial charge is 0.370 e. The van der Waals surface area contributed by atoms with Gasteiger partial charge in [0.25, 0.3) is 0 Å². The molecule has 2 fully saturated rings. The standard InChI is InChI=1S/C23H26N6O/c1-2-12-24-20(4-1)19-6-7-21(26-15-19)25-14-18-8-10-23(11-9-18)16-29(17-30-23)22-5-3-13-27-28-22/h1-7,12-13,15,18H,8-11,14,16-17H2,(H,25,26)/t18-,23-. The molecule has 3 aromatic heterocycles. The highest BCUT2D eigenvalue weighted by atomic mass is 16.5. The minimum atomic E-state index is -0.0311. The Hall–Kier alpha value is -3.06. The fraction of sp³-hybridized carbons (Fsp3) is 0.391. The fourth-order valence-corrected chi connectivity index (χ4v) is 4.41. The number of nitrogens with zero attached hydrogens (tertiary/aromatic N) is 5. The topological polar surface area (TPSA) is 76.1 Å². The zero-order chi connectivity index (χ0) is 20.2. The molecule has 1 N–H and O–H groups in total. The van der Waals surface area contributed by atoms with Crippen molar-refractivity contribution in [2.75, 3.05) is 30.0 Å². The number of hydrogen-bond donors (Lipinski definition) is 1. The molecule has 0 aromatic carbocycles. The van der Waals surface area contributed by atoms with Crippen molar-refractivity contribution >= 4 is 11.6 Å². The van der Waals surface area contributed by atoms with Crippen LogP contribution in [0.2, 0.25) is 0 Å². The molecule has 1 saturated heterocycles. The highest BCUT2D eigenvalue weighted by Crippen LogP contribution is 2.39. The van der Waals surface area contributed by atoms with Gasteiger partial charge in [-0.25, -0.2) is 4.98 Å². The Morgan fingerprint density at radius 1 is 1.03 bits per heavy atom. The third-order valence-corrected chi connectivity index (χ3v) is 6.20. The van der Waals surface area contributed by atoms with Gasteiger partial charge in [0.05, 0.1) is 17.8 Å². The number of hydrogen-bond acceptors (Lipinski definition) is 7. The molecule has 4 heterocycles. The Balaban J connectivity index is 1.11. The van der Waals surface area contributed by atoms with E-state index in [1.54, 1.807) is 12.4 Å². The summed E-state index contributed by atoms with van der Waals surface area (Å²) in [5, 5.41) is 11.7. The van der Waals surface area contributed by atoms with Gasteiger partial charge in [-0.05, 0) is 68.0 Å². The maximum atomic E-state index is 6.23. The van der Waals surface area contributed by atoms with E-state index >= 15 is 0 Å². The summed E-state index contributed by atoms with van der Waals surface area (Å²) in [6.07, 6.45) is 9.88. The molecule has 1 aliphatic carbocycles. The molecule has 0 radical (unpaired) electrons. The van der Waals surface area contributed by atoms with Crippen molar-refractivity contribution in [1.82, 2.24) is 20.2 Å². The zero-order valence-corrected chi connectivity index (χ0v) is 16.9. The van der Waals surface area contributed by atoms with Crippen LogP contribution in [0.1, 0.15) is 25.7 Å². The highest BCUT2D eigenvalue weighted by Gasteiger charge is 2.42. The molecule has 1 aliphatic heterocycles. The minimum Gasteiger partial charge on any atom is -0.370 e. The quantitative estimate of drug-likeness (QED) is 0.696. The van der Waals surface area contributed by atoms with Gasteiger partial charge in [-0.1, -0.05) is 6.07 Å². The molecule has 1 spiro atoms. The second-order valence-corrected chi connectivity index (χ2v) is 8.21. The normalized spacial score (nSPS) is 23.6. The molecule has 1 saturated carbocycles. The molecule has 0 unspecified atom stereocenters. The molecule has 7 heteroatoms. The first-order valence-electron chi connectivity index (χ1n) is 10.6. The van der Waals surface area contributed by atoms with Crippen LogP contribution < -0.4 is 10.2 Å². The van der Waals surface area contributed by atoms with E-state index < -0.39 is 0 Å². The highest BCUT2D eigenvalue weighted by molar-refractivity contribution is 5.59. The summed E-state index contributed by atoms with van der Waals surface area (Å²) in [6.45, 7) is 2.45. The third-order valence-electron chi connectivity index (χ3n) is 6.20. The van der Waals surface area contributed by atoms with E-state index in [0.717, 1.165) is 61.7 Å². The van der Waals surface area contributed by atoms with E-state index in [4.69, 9.17) is 4.74 Å². The lowest BCUT2D eigenvalue weighted by molar-refractivity contribution is -0.0258. The second kappa shape index (κ2) is 8.36. The summed E-state index contributed by atoms with van der Waals surface area (Å²) in [5.41, 5.74) is 1.95. The van der Waals surface area contributed by atoms with Gasteiger partial charge in [-0.2, -0.15) is 5.10 Å². The zero-order valence-electron chi connectivity index (χ0n) is 16.9. The van der Waals surface area contributed by atoms with Crippen molar-refractivity contribution in [3.63, 3.8) is 0 Å². The van der Waals surface area contributed by atoms with Gasteiger partial charge in [-0.3, -0.25) is 4.98 Å². The van der Waals surface area contributed by atoms with Crippen LogP contribution in [-0.2, 0) is 4.74 Å². The first kappa shape index (κ1) is 18.9. The number of ether oxygens (including phenoxy) is 1. The number of aromatic nitrogens is 4. The third kappa shape index (κ3) is 4.11. The lowest BCUT2D eigenvalue weighted by Crippen LogP contribution is -2.39. The second-order valence-electron chi connectivity index (χ2n) is 8.21. The van der Waals surface area contributed by atoms with Crippen molar-refractivity contribution in [2.24, 2.45) is 5.92 Å². The Morgan fingerprint density at radius 3 is 2.70 bits per heavy atom. The molecule has 30 heavy (non-hydrogen) atoms. The van der Waals surface area contributed by atoms with Crippen molar-refractivity contribution in [1.29, 1.82) is 0 Å². The molecule has 0 bridgehead atoms. The van der Waals surface area contributed by atoms with E-state index in [1.165, 1.54) is 0 Å². The molecular formula is C23H26N6O. The monoisotopic (exact) mass is 402 g/mol. The number of nitrogens with one attached hydrogen (secondary N) is 1. The number of rotatable bonds is 5. The summed E-state index contributed by atoms with van der Waals surface area (Å²) >= 11 is 0. The lowest BCUT2D eigenvalue weighted by Gasteiger charge is -2.36. The summed E-state index contributed by atoms with van der Waals surface area (Å²) in [6, 6.07) is 13.9. The van der Waals surface area contributed by atoms with Crippen LogP contribution in [0.3, 0.4) is 0 Å². The molecule has 0 amide bonds. The molecule has 2 aliphatic rings. The average molecular weight is 403 g/mol. The van der Waals surface area contributed by atoms with Crippen LogP contribution in [0.5, 0.6) is 0 Å². The van der Waals surface area contributed by atoms with E-state index in [-0.39, 0.29) is 5.60 Å². The smallest absolute Gasteiger partial charge is 0.153 e. The molecule has 5 rings (SSSR count). The first-order chi connectivity index (χ1) is 14.8. The minimum absolute atomic E-state index is 0.0311. The van der Waals surface area contributed by atoms with Gasteiger partial charge < -0.3 is 15.0 Å². The fourth-order valence-electron chi connectivity index (χ4n) is 4.41. The van der Waals surface area contributed by atoms with Gasteiger partial charge in [0.1, 0.15) is 12.5 Å². The lowest BCUT2D eigenvalue weighted by atomic mass is 9.78. The molecular weight excluding hydrogens is 376 g/mol. The maximum absolute atomic E-state index is 6.23. The van der Waals surface area contributed by atoms with Crippen molar-refractivity contribution < 1.29 is 4.74 Å². The predicted octanol–water partition coefficient (Wildman–Crippen LogP) is 3.77. The predicted molar refractivity (Wildman–Crippen MR) is 116 cm³/mol. The van der Waals surface area contributed by atoms with Gasteiger partial charge in [0, 0.05) is 30.7 Å². The molecule has 0 atom stereocenters. The van der Waals surface area contributed by atoms with Crippen LogP contribution in [0.4, 0.5) is 11.6 Å². The van der Waals surface area contributed by atoms with Crippen molar-refractivity contribution in [2.45, 2.75) is 31.3 Å². The van der Waals surface area contributed by atoms with Crippen LogP contribution in [0, 0.1) is 5.92 Å². The van der Waals surface area contributed by atoms with Crippen molar-refractivity contribution in [3.05, 3.63) is 61.1 Å². The summed E-state index contributed by atoms with van der Waals surface area (Å²) in [7, 11) is 0. The maximum Gasteiger partial charge on any atom is 0.153 e. The van der Waals surface area contributed by atoms with Gasteiger partial charge in [0.2, 0.25) is 0 Å². The Kier molecular flexibility index (Phi) is 5.27. The average Bonchev–Trinajstić information content (AvgIpc) is 3.24. The Morgan fingerprint density at radius 2 is 1.97 bits per heavy atom. The Bertz CT molecular complexity index is 942. The van der Waals surface area contributed by atoms with Crippen LogP contribution in [-0.4, -0.2) is 45.6 Å². The van der Waals surface area contributed by atoms with Gasteiger partial charge in [-0.15, -0.1) is 5.10 Å². The van der Waals surface area contributed by atoms with Crippen LogP contribution >= 0.6 is 0 Å². The summed E-state index contributed by atoms with van der Waals surface area (Å²) < 4.78 is 6.23. The first-order valence-corrected chi connectivity index (χ1v) is 10.6. The Labute approximate surface area is 176 Å². The summed E-state index contributed by atoms with van der Waals surface area (Å²) in [4.78, 5) is 11.1. The van der Waals surface area contributed by atoms with E-state index in [0.29, 0.717) is 12.6 Å². The van der Waals surface area contributed by atoms with Gasteiger partial charge in [0.15, 0.2) is 5.82 Å². The SMILES string of the molecule is c1ccc(-c2ccc(NC[C@H]3CC[C@]4(CC3)CN(c3cccnn3)CO4)nc2)nc1. The number of anilines is 2. The van der Waals surface area contributed by atoms with Gasteiger partial charge >= 0.3 is 0 Å². The van der Waals surface area contributed by atoms with Crippen LogP contribution in [0.25, 0.3) is 11.3 Å². The molecule has 3 aromatic rings.